The van der Waals surface area contributed by atoms with E-state index in [4.69, 9.17) is 11.6 Å². The number of aromatic nitrogens is 3. The average molecular weight is 383 g/mol. The largest absolute Gasteiger partial charge is 0.340 e. The van der Waals surface area contributed by atoms with Crippen LogP contribution in [0.4, 0.5) is 20.3 Å². The second-order valence-corrected chi connectivity index (χ2v) is 6.44. The lowest BCUT2D eigenvalue weighted by Crippen LogP contribution is -2.00. The van der Waals surface area contributed by atoms with E-state index in [9.17, 15) is 8.78 Å². The number of rotatable bonds is 3. The molecule has 0 aliphatic heterocycles. The zero-order valence-electron chi connectivity index (χ0n) is 14.2. The minimum absolute atomic E-state index is 0.372. The SMILES string of the molecule is Cc1ccc(-c2nc(Nc3ccc(F)c(F)c3)c3ccc(Cl)cc3n2)cn1. The molecule has 2 aromatic carbocycles. The number of anilines is 2. The lowest BCUT2D eigenvalue weighted by Gasteiger charge is -2.11. The summed E-state index contributed by atoms with van der Waals surface area (Å²) >= 11 is 6.10. The number of aryl methyl sites for hydroxylation is 1. The van der Waals surface area contributed by atoms with Crippen LogP contribution < -0.4 is 5.32 Å². The van der Waals surface area contributed by atoms with Gasteiger partial charge in [-0.1, -0.05) is 11.6 Å². The fourth-order valence-electron chi connectivity index (χ4n) is 2.64. The topological polar surface area (TPSA) is 50.7 Å². The fourth-order valence-corrected chi connectivity index (χ4v) is 2.80. The molecule has 4 aromatic rings. The lowest BCUT2D eigenvalue weighted by molar-refractivity contribution is 0.509. The van der Waals surface area contributed by atoms with Crippen LogP contribution in [0.3, 0.4) is 0 Å². The average Bonchev–Trinajstić information content (AvgIpc) is 2.65. The summed E-state index contributed by atoms with van der Waals surface area (Å²) < 4.78 is 26.8. The molecule has 7 heteroatoms. The zero-order chi connectivity index (χ0) is 19.0. The van der Waals surface area contributed by atoms with Gasteiger partial charge in [0.05, 0.1) is 5.52 Å². The summed E-state index contributed by atoms with van der Waals surface area (Å²) in [5.41, 5.74) is 2.61. The van der Waals surface area contributed by atoms with Crippen molar-refractivity contribution >= 4 is 34.0 Å². The van der Waals surface area contributed by atoms with Gasteiger partial charge in [-0.25, -0.2) is 18.7 Å². The summed E-state index contributed by atoms with van der Waals surface area (Å²) in [6, 6.07) is 12.5. The highest BCUT2D eigenvalue weighted by molar-refractivity contribution is 6.31. The quantitative estimate of drug-likeness (QED) is 0.495. The standard InChI is InChI=1S/C20H13ClF2N4/c1-11-2-3-12(10-24-11)19-26-18-8-13(21)4-6-15(18)20(27-19)25-14-5-7-16(22)17(23)9-14/h2-10H,1H3,(H,25,26,27). The van der Waals surface area contributed by atoms with E-state index in [-0.39, 0.29) is 0 Å². The molecule has 0 amide bonds. The van der Waals surface area contributed by atoms with E-state index in [1.54, 1.807) is 24.4 Å². The maximum Gasteiger partial charge on any atom is 0.163 e. The molecule has 0 saturated carbocycles. The van der Waals surface area contributed by atoms with E-state index in [2.05, 4.69) is 20.3 Å². The molecule has 0 atom stereocenters. The molecule has 134 valence electrons. The van der Waals surface area contributed by atoms with E-state index < -0.39 is 11.6 Å². The summed E-state index contributed by atoms with van der Waals surface area (Å²) in [6.07, 6.45) is 1.68. The van der Waals surface area contributed by atoms with E-state index in [1.807, 2.05) is 19.1 Å². The third kappa shape index (κ3) is 3.57. The number of hydrogen-bond donors (Lipinski definition) is 1. The van der Waals surface area contributed by atoms with Crippen LogP contribution in [0.5, 0.6) is 0 Å². The van der Waals surface area contributed by atoms with Crippen molar-refractivity contribution in [1.29, 1.82) is 0 Å². The Morgan fingerprint density at radius 1 is 0.926 bits per heavy atom. The van der Waals surface area contributed by atoms with Gasteiger partial charge in [-0.2, -0.15) is 0 Å². The molecular formula is C20H13ClF2N4. The van der Waals surface area contributed by atoms with Crippen molar-refractivity contribution in [1.82, 2.24) is 15.0 Å². The van der Waals surface area contributed by atoms with Crippen molar-refractivity contribution in [2.24, 2.45) is 0 Å². The first-order valence-corrected chi connectivity index (χ1v) is 8.50. The van der Waals surface area contributed by atoms with Gasteiger partial charge in [0, 0.05) is 39.6 Å². The van der Waals surface area contributed by atoms with Gasteiger partial charge in [-0.3, -0.25) is 4.98 Å². The number of pyridine rings is 1. The summed E-state index contributed by atoms with van der Waals surface area (Å²) in [7, 11) is 0. The second kappa shape index (κ2) is 6.89. The molecule has 2 heterocycles. The van der Waals surface area contributed by atoms with Crippen LogP contribution in [0.15, 0.2) is 54.7 Å². The monoisotopic (exact) mass is 382 g/mol. The third-order valence-electron chi connectivity index (χ3n) is 4.01. The van der Waals surface area contributed by atoms with Gasteiger partial charge in [0.15, 0.2) is 17.5 Å². The maximum absolute atomic E-state index is 13.6. The van der Waals surface area contributed by atoms with Crippen LogP contribution in [-0.4, -0.2) is 15.0 Å². The number of halogens is 3. The van der Waals surface area contributed by atoms with Crippen molar-refractivity contribution in [2.45, 2.75) is 6.92 Å². The second-order valence-electron chi connectivity index (χ2n) is 6.00. The molecule has 0 bridgehead atoms. The molecule has 27 heavy (non-hydrogen) atoms. The smallest absolute Gasteiger partial charge is 0.163 e. The Morgan fingerprint density at radius 2 is 1.78 bits per heavy atom. The maximum atomic E-state index is 13.6. The summed E-state index contributed by atoms with van der Waals surface area (Å²) in [5.74, 6) is -0.948. The Bertz CT molecular complexity index is 1150. The zero-order valence-corrected chi connectivity index (χ0v) is 14.9. The lowest BCUT2D eigenvalue weighted by atomic mass is 10.2. The minimum atomic E-state index is -0.940. The van der Waals surface area contributed by atoms with E-state index in [0.717, 1.165) is 23.4 Å². The Balaban J connectivity index is 1.86. The van der Waals surface area contributed by atoms with Crippen LogP contribution in [0.1, 0.15) is 5.69 Å². The minimum Gasteiger partial charge on any atom is -0.340 e. The van der Waals surface area contributed by atoms with Gasteiger partial charge in [-0.05, 0) is 49.4 Å². The van der Waals surface area contributed by atoms with Crippen molar-refractivity contribution in [3.8, 4) is 11.4 Å². The normalized spacial score (nSPS) is 11.0. The van der Waals surface area contributed by atoms with E-state index in [1.165, 1.54) is 6.07 Å². The molecular weight excluding hydrogens is 370 g/mol. The number of fused-ring (bicyclic) bond motifs is 1. The summed E-state index contributed by atoms with van der Waals surface area (Å²) in [6.45, 7) is 1.89. The Hall–Kier alpha value is -3.12. The molecule has 0 aliphatic carbocycles. The van der Waals surface area contributed by atoms with Crippen LogP contribution in [-0.2, 0) is 0 Å². The van der Waals surface area contributed by atoms with Crippen molar-refractivity contribution in [3.05, 3.63) is 77.1 Å². The molecule has 2 aromatic heterocycles. The predicted molar refractivity (Wildman–Crippen MR) is 102 cm³/mol. The number of nitrogens with one attached hydrogen (secondary N) is 1. The molecule has 0 fully saturated rings. The van der Waals surface area contributed by atoms with E-state index >= 15 is 0 Å². The first-order chi connectivity index (χ1) is 13.0. The highest BCUT2D eigenvalue weighted by atomic mass is 35.5. The Labute approximate surface area is 158 Å². The fraction of sp³-hybridized carbons (Fsp3) is 0.0500. The van der Waals surface area contributed by atoms with E-state index in [0.29, 0.717) is 33.3 Å². The molecule has 0 saturated heterocycles. The number of benzene rings is 2. The van der Waals surface area contributed by atoms with Gasteiger partial charge in [0.25, 0.3) is 0 Å². The first-order valence-electron chi connectivity index (χ1n) is 8.12. The molecule has 0 unspecified atom stereocenters. The van der Waals surface area contributed by atoms with Gasteiger partial charge >= 0.3 is 0 Å². The van der Waals surface area contributed by atoms with Crippen molar-refractivity contribution in [2.75, 3.05) is 5.32 Å². The van der Waals surface area contributed by atoms with Crippen LogP contribution >= 0.6 is 11.6 Å². The van der Waals surface area contributed by atoms with Crippen LogP contribution in [0.2, 0.25) is 5.02 Å². The third-order valence-corrected chi connectivity index (χ3v) is 4.25. The van der Waals surface area contributed by atoms with Crippen LogP contribution in [0.25, 0.3) is 22.3 Å². The molecule has 4 nitrogen and oxygen atoms in total. The molecule has 0 radical (unpaired) electrons. The molecule has 0 spiro atoms. The first kappa shape index (κ1) is 17.3. The highest BCUT2D eigenvalue weighted by Gasteiger charge is 2.12. The molecule has 0 aliphatic rings. The number of nitrogens with zero attached hydrogens (tertiary/aromatic N) is 3. The Morgan fingerprint density at radius 3 is 2.52 bits per heavy atom. The summed E-state index contributed by atoms with van der Waals surface area (Å²) in [4.78, 5) is 13.4. The van der Waals surface area contributed by atoms with Gasteiger partial charge in [-0.15, -0.1) is 0 Å². The van der Waals surface area contributed by atoms with Crippen molar-refractivity contribution in [3.63, 3.8) is 0 Å². The molecule has 4 rings (SSSR count). The van der Waals surface area contributed by atoms with Crippen molar-refractivity contribution < 1.29 is 8.78 Å². The molecule has 1 N–H and O–H groups in total. The van der Waals surface area contributed by atoms with Gasteiger partial charge in [0.2, 0.25) is 0 Å². The highest BCUT2D eigenvalue weighted by Crippen LogP contribution is 2.29. The van der Waals surface area contributed by atoms with Gasteiger partial charge < -0.3 is 5.32 Å². The number of hydrogen-bond acceptors (Lipinski definition) is 4. The predicted octanol–water partition coefficient (Wildman–Crippen LogP) is 5.68. The van der Waals surface area contributed by atoms with Gasteiger partial charge in [0.1, 0.15) is 5.82 Å². The Kier molecular flexibility index (Phi) is 4.41. The van der Waals surface area contributed by atoms with Crippen LogP contribution in [0, 0.1) is 18.6 Å². The summed E-state index contributed by atoms with van der Waals surface area (Å²) in [5, 5.41) is 4.27.